The summed E-state index contributed by atoms with van der Waals surface area (Å²) in [5, 5.41) is 0. The Morgan fingerprint density at radius 2 is 1.33 bits per heavy atom. The molecule has 0 aliphatic heterocycles. The molecule has 0 heterocycles. The molecular weight excluding hydrogens is 306 g/mol. The number of benzene rings is 2. The van der Waals surface area contributed by atoms with Gasteiger partial charge in [-0.1, -0.05) is 19.1 Å². The molecule has 0 atom stereocenters. The third-order valence-corrected chi connectivity index (χ3v) is 3.47. The highest BCUT2D eigenvalue weighted by atomic mass is 16.1. The fourth-order valence-electron chi connectivity index (χ4n) is 2.44. The molecule has 24 heavy (non-hydrogen) atoms. The molecule has 0 aliphatic carbocycles. The lowest BCUT2D eigenvalue weighted by Crippen LogP contribution is -1.91. The van der Waals surface area contributed by atoms with Gasteiger partial charge in [0.25, 0.3) is 0 Å². The first kappa shape index (κ1) is 16.9. The number of rotatable bonds is 6. The zero-order chi connectivity index (χ0) is 17.4. The topological polar surface area (TPSA) is 88.3 Å². The normalized spacial score (nSPS) is 9.38. The van der Waals surface area contributed by atoms with E-state index in [4.69, 9.17) is 0 Å². The number of nitrogens with zero attached hydrogens (tertiary/aromatic N) is 3. The smallest absolute Gasteiger partial charge is 0.211 e. The van der Waals surface area contributed by atoms with Gasteiger partial charge in [0.05, 0.1) is 17.1 Å². The summed E-state index contributed by atoms with van der Waals surface area (Å²) in [5.74, 6) is 0. The first-order valence-electron chi connectivity index (χ1n) is 7.20. The molecule has 2 aromatic rings. The highest BCUT2D eigenvalue weighted by Gasteiger charge is 2.10. The average Bonchev–Trinajstić information content (AvgIpc) is 2.58. The van der Waals surface area contributed by atoms with Crippen molar-refractivity contribution in [3.05, 3.63) is 53.1 Å². The minimum absolute atomic E-state index is 0.446. The van der Waals surface area contributed by atoms with Crippen molar-refractivity contribution < 1.29 is 14.4 Å². The summed E-state index contributed by atoms with van der Waals surface area (Å²) < 4.78 is 0. The van der Waals surface area contributed by atoms with Gasteiger partial charge in [0.15, 0.2) is 0 Å². The summed E-state index contributed by atoms with van der Waals surface area (Å²) in [4.78, 5) is 42.5. The van der Waals surface area contributed by atoms with Gasteiger partial charge in [-0.25, -0.2) is 14.4 Å². The Morgan fingerprint density at radius 1 is 0.792 bits per heavy atom. The molecule has 2 aromatic carbocycles. The average molecular weight is 319 g/mol. The number of aliphatic imine (C=N–C) groups is 3. The first-order valence-corrected chi connectivity index (χ1v) is 7.20. The van der Waals surface area contributed by atoms with E-state index in [9.17, 15) is 14.4 Å². The van der Waals surface area contributed by atoms with Crippen LogP contribution in [0.25, 0.3) is 0 Å². The van der Waals surface area contributed by atoms with Crippen LogP contribution in [-0.4, -0.2) is 18.2 Å². The van der Waals surface area contributed by atoms with Gasteiger partial charge in [-0.3, -0.25) is 0 Å². The van der Waals surface area contributed by atoms with Crippen LogP contribution in [0.2, 0.25) is 0 Å². The quantitative estimate of drug-likeness (QED) is 0.600. The molecule has 0 spiro atoms. The fraction of sp³-hybridized carbons (Fsp3) is 0.167. The van der Waals surface area contributed by atoms with E-state index in [1.54, 1.807) is 24.3 Å². The van der Waals surface area contributed by atoms with E-state index in [1.165, 1.54) is 18.2 Å². The Morgan fingerprint density at radius 3 is 1.79 bits per heavy atom. The molecule has 0 aliphatic rings. The lowest BCUT2D eigenvalue weighted by Gasteiger charge is -2.09. The Labute approximate surface area is 138 Å². The number of isocyanates is 3. The lowest BCUT2D eigenvalue weighted by molar-refractivity contribution is 0.564. The molecule has 0 aromatic heterocycles. The fourth-order valence-corrected chi connectivity index (χ4v) is 2.44. The largest absolute Gasteiger partial charge is 0.240 e. The van der Waals surface area contributed by atoms with Gasteiger partial charge in [0.2, 0.25) is 18.2 Å². The van der Waals surface area contributed by atoms with E-state index in [0.29, 0.717) is 35.5 Å². The predicted octanol–water partition coefficient (Wildman–Crippen LogP) is 3.74. The standard InChI is InChI=1S/C18H13N3O3/c1-2-16-17(20-11-23)8-14(9-18(16)21-12-24)7-13-3-5-15(6-4-13)19-10-22/h3-6,8-9H,2,7H2,1H3. The van der Waals surface area contributed by atoms with Crippen LogP contribution in [-0.2, 0) is 27.2 Å². The van der Waals surface area contributed by atoms with Crippen LogP contribution in [0.3, 0.4) is 0 Å². The minimum Gasteiger partial charge on any atom is -0.211 e. The third-order valence-electron chi connectivity index (χ3n) is 3.47. The van der Waals surface area contributed by atoms with Gasteiger partial charge in [-0.15, -0.1) is 0 Å². The Hall–Kier alpha value is -3.42. The molecule has 118 valence electrons. The van der Waals surface area contributed by atoms with Crippen molar-refractivity contribution in [2.45, 2.75) is 19.8 Å². The van der Waals surface area contributed by atoms with Crippen LogP contribution in [0.4, 0.5) is 17.1 Å². The number of carbonyl (C=O) groups excluding carboxylic acids is 3. The van der Waals surface area contributed by atoms with Crippen molar-refractivity contribution in [2.75, 3.05) is 0 Å². The van der Waals surface area contributed by atoms with Gasteiger partial charge < -0.3 is 0 Å². The second kappa shape index (κ2) is 8.28. The molecule has 0 fully saturated rings. The molecule has 0 amide bonds. The first-order chi connectivity index (χ1) is 11.7. The monoisotopic (exact) mass is 319 g/mol. The van der Waals surface area contributed by atoms with Crippen LogP contribution >= 0.6 is 0 Å². The van der Waals surface area contributed by atoms with E-state index in [1.807, 2.05) is 19.1 Å². The van der Waals surface area contributed by atoms with Crippen LogP contribution < -0.4 is 0 Å². The van der Waals surface area contributed by atoms with Gasteiger partial charge in [0, 0.05) is 5.56 Å². The van der Waals surface area contributed by atoms with Crippen molar-refractivity contribution in [2.24, 2.45) is 15.0 Å². The van der Waals surface area contributed by atoms with Gasteiger partial charge in [0.1, 0.15) is 0 Å². The molecule has 0 saturated heterocycles. The summed E-state index contributed by atoms with van der Waals surface area (Å²) in [5.41, 5.74) is 3.91. The van der Waals surface area contributed by atoms with E-state index in [0.717, 1.165) is 11.1 Å². The van der Waals surface area contributed by atoms with E-state index in [2.05, 4.69) is 15.0 Å². The molecule has 0 saturated carbocycles. The van der Waals surface area contributed by atoms with E-state index in [-0.39, 0.29) is 0 Å². The Balaban J connectivity index is 2.44. The summed E-state index contributed by atoms with van der Waals surface area (Å²) >= 11 is 0. The molecule has 0 bridgehead atoms. The molecule has 0 N–H and O–H groups in total. The second-order valence-corrected chi connectivity index (χ2v) is 4.92. The number of hydrogen-bond acceptors (Lipinski definition) is 6. The third kappa shape index (κ3) is 4.07. The van der Waals surface area contributed by atoms with E-state index >= 15 is 0 Å². The van der Waals surface area contributed by atoms with Crippen molar-refractivity contribution in [3.8, 4) is 0 Å². The molecular formula is C18H13N3O3. The molecule has 2 rings (SSSR count). The Kier molecular flexibility index (Phi) is 5.84. The highest BCUT2D eigenvalue weighted by Crippen LogP contribution is 2.32. The Bertz CT molecular complexity index is 845. The van der Waals surface area contributed by atoms with Gasteiger partial charge in [-0.2, -0.15) is 15.0 Å². The summed E-state index contributed by atoms with van der Waals surface area (Å²) in [6.45, 7) is 1.88. The van der Waals surface area contributed by atoms with Gasteiger partial charge in [-0.05, 0) is 48.2 Å². The summed E-state index contributed by atoms with van der Waals surface area (Å²) in [6.07, 6.45) is 5.65. The van der Waals surface area contributed by atoms with E-state index < -0.39 is 0 Å². The maximum atomic E-state index is 10.6. The molecule has 0 unspecified atom stereocenters. The van der Waals surface area contributed by atoms with Crippen LogP contribution in [0, 0.1) is 0 Å². The summed E-state index contributed by atoms with van der Waals surface area (Å²) in [7, 11) is 0. The zero-order valence-electron chi connectivity index (χ0n) is 12.9. The minimum atomic E-state index is 0.446. The van der Waals surface area contributed by atoms with Crippen LogP contribution in [0.1, 0.15) is 23.6 Å². The lowest BCUT2D eigenvalue weighted by atomic mass is 9.99. The number of hydrogen-bond donors (Lipinski definition) is 0. The van der Waals surface area contributed by atoms with Crippen LogP contribution in [0.5, 0.6) is 0 Å². The summed E-state index contributed by atoms with van der Waals surface area (Å²) in [6, 6.07) is 10.6. The zero-order valence-corrected chi connectivity index (χ0v) is 12.9. The second-order valence-electron chi connectivity index (χ2n) is 4.92. The SMILES string of the molecule is CCc1c(N=C=O)cc(Cc2ccc(N=C=O)cc2)cc1N=C=O. The van der Waals surface area contributed by atoms with Crippen molar-refractivity contribution in [1.29, 1.82) is 0 Å². The van der Waals surface area contributed by atoms with Crippen molar-refractivity contribution in [1.82, 2.24) is 0 Å². The maximum Gasteiger partial charge on any atom is 0.240 e. The predicted molar refractivity (Wildman–Crippen MR) is 88.4 cm³/mol. The highest BCUT2D eigenvalue weighted by molar-refractivity contribution is 5.67. The van der Waals surface area contributed by atoms with Crippen LogP contribution in [0.15, 0.2) is 51.4 Å². The molecule has 0 radical (unpaired) electrons. The van der Waals surface area contributed by atoms with Crippen molar-refractivity contribution in [3.63, 3.8) is 0 Å². The maximum absolute atomic E-state index is 10.6. The van der Waals surface area contributed by atoms with Crippen molar-refractivity contribution >= 4 is 35.3 Å². The molecule has 6 heteroatoms. The molecule has 6 nitrogen and oxygen atoms in total. The van der Waals surface area contributed by atoms with Gasteiger partial charge >= 0.3 is 0 Å².